The number of carbonyl (C=O) groups is 1. The second-order valence-corrected chi connectivity index (χ2v) is 7.01. The minimum Gasteiger partial charge on any atom is -0.496 e. The van der Waals surface area contributed by atoms with Crippen LogP contribution in [-0.4, -0.2) is 32.7 Å². The summed E-state index contributed by atoms with van der Waals surface area (Å²) < 4.78 is 12.9. The number of nitrogens with zero attached hydrogens (tertiary/aromatic N) is 3. The van der Waals surface area contributed by atoms with Crippen LogP contribution in [0.5, 0.6) is 5.75 Å². The molecule has 3 heterocycles. The van der Waals surface area contributed by atoms with Gasteiger partial charge in [0.25, 0.3) is 0 Å². The van der Waals surface area contributed by atoms with Gasteiger partial charge in [0.2, 0.25) is 5.95 Å². The van der Waals surface area contributed by atoms with Gasteiger partial charge in [-0.2, -0.15) is 0 Å². The number of furan rings is 1. The summed E-state index contributed by atoms with van der Waals surface area (Å²) in [5.74, 6) is 1.20. The zero-order chi connectivity index (χ0) is 21.3. The van der Waals surface area contributed by atoms with Gasteiger partial charge < -0.3 is 24.1 Å². The van der Waals surface area contributed by atoms with E-state index in [9.17, 15) is 9.90 Å². The molecule has 0 saturated heterocycles. The molecule has 8 heteroatoms. The number of pyridine rings is 1. The fourth-order valence-corrected chi connectivity index (χ4v) is 3.53. The summed E-state index contributed by atoms with van der Waals surface area (Å²) in [4.78, 5) is 20.5. The Hall–Kier alpha value is -3.81. The predicted octanol–water partition coefficient (Wildman–Crippen LogP) is 4.01. The average molecular weight is 406 g/mol. The predicted molar refractivity (Wildman–Crippen MR) is 112 cm³/mol. The molecule has 0 radical (unpaired) electrons. The number of fused-ring (bicyclic) bond motifs is 1. The normalized spacial score (nSPS) is 11.0. The number of ether oxygens (including phenoxy) is 1. The molecule has 0 aliphatic heterocycles. The molecule has 0 aliphatic rings. The molecule has 0 spiro atoms. The van der Waals surface area contributed by atoms with E-state index in [1.807, 2.05) is 30.5 Å². The maximum atomic E-state index is 11.3. The molecule has 154 valence electrons. The van der Waals surface area contributed by atoms with Gasteiger partial charge in [0.1, 0.15) is 11.5 Å². The Morgan fingerprint density at radius 2 is 2.13 bits per heavy atom. The second-order valence-electron chi connectivity index (χ2n) is 7.01. The first-order valence-electron chi connectivity index (χ1n) is 9.47. The van der Waals surface area contributed by atoms with E-state index < -0.39 is 5.97 Å². The number of imidazole rings is 1. The van der Waals surface area contributed by atoms with Crippen molar-refractivity contribution >= 4 is 23.0 Å². The van der Waals surface area contributed by atoms with Gasteiger partial charge in [-0.1, -0.05) is 0 Å². The Bertz CT molecular complexity index is 1210. The average Bonchev–Trinajstić information content (AvgIpc) is 3.36. The topological polar surface area (TPSA) is 102 Å². The van der Waals surface area contributed by atoms with Crippen molar-refractivity contribution in [2.24, 2.45) is 0 Å². The Morgan fingerprint density at radius 1 is 1.30 bits per heavy atom. The second kappa shape index (κ2) is 7.90. The van der Waals surface area contributed by atoms with Crippen LogP contribution in [0.2, 0.25) is 0 Å². The van der Waals surface area contributed by atoms with Crippen LogP contribution >= 0.6 is 0 Å². The van der Waals surface area contributed by atoms with Crippen LogP contribution in [0.4, 0.5) is 5.95 Å². The molecule has 0 saturated carbocycles. The number of anilines is 1. The largest absolute Gasteiger partial charge is 0.496 e. The first kappa shape index (κ1) is 19.5. The van der Waals surface area contributed by atoms with Gasteiger partial charge >= 0.3 is 5.97 Å². The SMILES string of the molecule is COc1c(C)cnc(CNc2nc3cc(C(=O)O)ccc3n2Cc2ccco2)c1C. The third kappa shape index (κ3) is 3.59. The number of aryl methyl sites for hydroxylation is 1. The zero-order valence-electron chi connectivity index (χ0n) is 17.0. The van der Waals surface area contributed by atoms with Crippen molar-refractivity contribution < 1.29 is 19.1 Å². The van der Waals surface area contributed by atoms with Gasteiger partial charge in [0.05, 0.1) is 48.8 Å². The maximum absolute atomic E-state index is 11.3. The van der Waals surface area contributed by atoms with Crippen molar-refractivity contribution in [1.29, 1.82) is 0 Å². The van der Waals surface area contributed by atoms with Crippen molar-refractivity contribution in [2.75, 3.05) is 12.4 Å². The Balaban J connectivity index is 1.71. The summed E-state index contributed by atoms with van der Waals surface area (Å²) in [6.07, 6.45) is 3.41. The highest BCUT2D eigenvalue weighted by molar-refractivity contribution is 5.93. The zero-order valence-corrected chi connectivity index (χ0v) is 17.0. The molecule has 30 heavy (non-hydrogen) atoms. The van der Waals surface area contributed by atoms with Gasteiger partial charge in [-0.3, -0.25) is 4.98 Å². The van der Waals surface area contributed by atoms with Crippen LogP contribution in [-0.2, 0) is 13.1 Å². The van der Waals surface area contributed by atoms with E-state index >= 15 is 0 Å². The van der Waals surface area contributed by atoms with Gasteiger partial charge in [0, 0.05) is 17.3 Å². The lowest BCUT2D eigenvalue weighted by Crippen LogP contribution is -2.11. The number of hydrogen-bond acceptors (Lipinski definition) is 6. The number of carboxylic acid groups (broad SMARTS) is 1. The Labute approximate surface area is 173 Å². The fourth-order valence-electron chi connectivity index (χ4n) is 3.53. The standard InChI is InChI=1S/C22H22N4O4/c1-13-10-23-18(14(2)20(13)29-3)11-24-22-25-17-9-15(21(27)28)6-7-19(17)26(22)12-16-5-4-8-30-16/h4-10H,11-12H2,1-3H3,(H,24,25)(H,27,28). The van der Waals surface area contributed by atoms with Crippen LogP contribution < -0.4 is 10.1 Å². The Kier molecular flexibility index (Phi) is 5.14. The lowest BCUT2D eigenvalue weighted by molar-refractivity contribution is 0.0697. The van der Waals surface area contributed by atoms with E-state index in [0.717, 1.165) is 33.8 Å². The number of aromatic nitrogens is 3. The number of carboxylic acids is 1. The van der Waals surface area contributed by atoms with Gasteiger partial charge in [-0.25, -0.2) is 9.78 Å². The van der Waals surface area contributed by atoms with E-state index in [1.165, 1.54) is 0 Å². The Morgan fingerprint density at radius 3 is 2.83 bits per heavy atom. The van der Waals surface area contributed by atoms with Crippen molar-refractivity contribution in [3.05, 3.63) is 70.9 Å². The van der Waals surface area contributed by atoms with Crippen LogP contribution in [0.25, 0.3) is 11.0 Å². The van der Waals surface area contributed by atoms with Crippen LogP contribution in [0.1, 0.15) is 32.9 Å². The quantitative estimate of drug-likeness (QED) is 0.478. The summed E-state index contributed by atoms with van der Waals surface area (Å²) in [7, 11) is 1.65. The van der Waals surface area contributed by atoms with E-state index in [1.54, 1.807) is 37.8 Å². The lowest BCUT2D eigenvalue weighted by Gasteiger charge is -2.14. The molecule has 0 fully saturated rings. The third-order valence-electron chi connectivity index (χ3n) is 5.05. The lowest BCUT2D eigenvalue weighted by atomic mass is 10.1. The fraction of sp³-hybridized carbons (Fsp3) is 0.227. The molecule has 0 unspecified atom stereocenters. The summed E-state index contributed by atoms with van der Waals surface area (Å²) >= 11 is 0. The first-order chi connectivity index (χ1) is 14.5. The molecule has 4 rings (SSSR count). The van der Waals surface area contributed by atoms with Crippen molar-refractivity contribution in [2.45, 2.75) is 26.9 Å². The van der Waals surface area contributed by atoms with E-state index in [-0.39, 0.29) is 5.56 Å². The van der Waals surface area contributed by atoms with Gasteiger partial charge in [-0.15, -0.1) is 0 Å². The van der Waals surface area contributed by atoms with Crippen molar-refractivity contribution in [3.8, 4) is 5.75 Å². The number of hydrogen-bond donors (Lipinski definition) is 2. The molecule has 2 N–H and O–H groups in total. The number of benzene rings is 1. The summed E-state index contributed by atoms with van der Waals surface area (Å²) in [6, 6.07) is 8.62. The van der Waals surface area contributed by atoms with Crippen LogP contribution in [0, 0.1) is 13.8 Å². The van der Waals surface area contributed by atoms with Crippen LogP contribution in [0.3, 0.4) is 0 Å². The first-order valence-corrected chi connectivity index (χ1v) is 9.47. The molecule has 1 aromatic carbocycles. The van der Waals surface area contributed by atoms with Gasteiger partial charge in [0.15, 0.2) is 0 Å². The molecule has 3 aromatic heterocycles. The molecule has 0 aliphatic carbocycles. The van der Waals surface area contributed by atoms with Crippen molar-refractivity contribution in [3.63, 3.8) is 0 Å². The summed E-state index contributed by atoms with van der Waals surface area (Å²) in [5.41, 5.74) is 4.38. The van der Waals surface area contributed by atoms with Crippen molar-refractivity contribution in [1.82, 2.24) is 14.5 Å². The number of rotatable bonds is 7. The summed E-state index contributed by atoms with van der Waals surface area (Å²) in [5, 5.41) is 12.6. The molecular weight excluding hydrogens is 384 g/mol. The number of methoxy groups -OCH3 is 1. The van der Waals surface area contributed by atoms with Crippen LogP contribution in [0.15, 0.2) is 47.2 Å². The monoisotopic (exact) mass is 406 g/mol. The third-order valence-corrected chi connectivity index (χ3v) is 5.05. The summed E-state index contributed by atoms with van der Waals surface area (Å²) in [6.45, 7) is 4.83. The van der Waals surface area contributed by atoms with E-state index in [0.29, 0.717) is 24.6 Å². The molecule has 0 atom stereocenters. The van der Waals surface area contributed by atoms with E-state index in [2.05, 4.69) is 15.3 Å². The van der Waals surface area contributed by atoms with E-state index in [4.69, 9.17) is 9.15 Å². The van der Waals surface area contributed by atoms with Gasteiger partial charge in [-0.05, 0) is 44.2 Å². The minimum absolute atomic E-state index is 0.192. The molecule has 8 nitrogen and oxygen atoms in total. The molecule has 4 aromatic rings. The highest BCUT2D eigenvalue weighted by Crippen LogP contribution is 2.26. The minimum atomic E-state index is -0.987. The molecule has 0 bridgehead atoms. The smallest absolute Gasteiger partial charge is 0.335 e. The highest BCUT2D eigenvalue weighted by atomic mass is 16.5. The maximum Gasteiger partial charge on any atom is 0.335 e. The number of aromatic carboxylic acids is 1. The number of nitrogens with one attached hydrogen (secondary N) is 1. The molecular formula is C22H22N4O4. The molecule has 0 amide bonds. The highest BCUT2D eigenvalue weighted by Gasteiger charge is 2.16.